The van der Waals surface area contributed by atoms with Crippen molar-refractivity contribution in [2.24, 2.45) is 5.73 Å². The van der Waals surface area contributed by atoms with Crippen LogP contribution < -0.4 is 5.73 Å². The van der Waals surface area contributed by atoms with Gasteiger partial charge in [0.05, 0.1) is 6.04 Å². The summed E-state index contributed by atoms with van der Waals surface area (Å²) < 4.78 is 13.4. The molecule has 2 rings (SSSR count). The molecule has 0 radical (unpaired) electrons. The molecule has 2 N–H and O–H groups in total. The molecule has 0 bridgehead atoms. The average Bonchev–Trinajstić information content (AvgIpc) is 2.70. The second-order valence-corrected chi connectivity index (χ2v) is 3.84. The minimum Gasteiger partial charge on any atom is -0.320 e. The second kappa shape index (κ2) is 3.90. The highest BCUT2D eigenvalue weighted by Crippen LogP contribution is 2.23. The van der Waals surface area contributed by atoms with E-state index in [2.05, 4.69) is 0 Å². The van der Waals surface area contributed by atoms with E-state index in [0.29, 0.717) is 5.56 Å². The maximum Gasteiger partial charge on any atom is 0.128 e. The van der Waals surface area contributed by atoms with Crippen LogP contribution in [0.3, 0.4) is 0 Å². The number of rotatable bonds is 2. The number of nitrogens with two attached hydrogens (primary N) is 1. The zero-order chi connectivity index (χ0) is 9.97. The van der Waals surface area contributed by atoms with Gasteiger partial charge in [-0.15, -0.1) is 0 Å². The van der Waals surface area contributed by atoms with Crippen molar-refractivity contribution >= 4 is 11.3 Å². The van der Waals surface area contributed by atoms with Crippen molar-refractivity contribution in [1.29, 1.82) is 0 Å². The fourth-order valence-corrected chi connectivity index (χ4v) is 2.06. The van der Waals surface area contributed by atoms with Crippen LogP contribution in [0.1, 0.15) is 17.2 Å². The Labute approximate surface area is 86.0 Å². The van der Waals surface area contributed by atoms with E-state index in [0.717, 1.165) is 5.56 Å². The van der Waals surface area contributed by atoms with Crippen molar-refractivity contribution < 1.29 is 4.39 Å². The molecule has 0 saturated carbocycles. The molecule has 0 fully saturated rings. The van der Waals surface area contributed by atoms with Crippen molar-refractivity contribution in [3.8, 4) is 0 Å². The maximum absolute atomic E-state index is 13.4. The van der Waals surface area contributed by atoms with Gasteiger partial charge in [-0.3, -0.25) is 0 Å². The van der Waals surface area contributed by atoms with Gasteiger partial charge in [0.15, 0.2) is 0 Å². The van der Waals surface area contributed by atoms with Gasteiger partial charge in [0, 0.05) is 5.56 Å². The van der Waals surface area contributed by atoms with Crippen molar-refractivity contribution in [2.75, 3.05) is 0 Å². The first-order chi connectivity index (χ1) is 6.79. The van der Waals surface area contributed by atoms with Gasteiger partial charge < -0.3 is 5.73 Å². The minimum absolute atomic E-state index is 0.244. The van der Waals surface area contributed by atoms with E-state index in [1.807, 2.05) is 16.8 Å². The molecule has 1 atom stereocenters. The number of halogens is 1. The lowest BCUT2D eigenvalue weighted by molar-refractivity contribution is 0.600. The molecule has 2 aromatic rings. The number of benzene rings is 1. The summed E-state index contributed by atoms with van der Waals surface area (Å²) in [6.45, 7) is 0. The minimum atomic E-state index is -0.359. The van der Waals surface area contributed by atoms with Gasteiger partial charge in [0.1, 0.15) is 5.82 Å². The monoisotopic (exact) mass is 207 g/mol. The first-order valence-corrected chi connectivity index (χ1v) is 5.25. The Bertz CT molecular complexity index is 411. The molecular formula is C11H10FNS. The summed E-state index contributed by atoms with van der Waals surface area (Å²) >= 11 is 1.57. The van der Waals surface area contributed by atoms with Gasteiger partial charge in [0.25, 0.3) is 0 Å². The Morgan fingerprint density at radius 1 is 1.21 bits per heavy atom. The van der Waals surface area contributed by atoms with E-state index in [1.165, 1.54) is 6.07 Å². The molecule has 0 spiro atoms. The smallest absolute Gasteiger partial charge is 0.128 e. The van der Waals surface area contributed by atoms with Crippen molar-refractivity contribution in [2.45, 2.75) is 6.04 Å². The van der Waals surface area contributed by atoms with E-state index >= 15 is 0 Å². The lowest BCUT2D eigenvalue weighted by Gasteiger charge is -2.10. The van der Waals surface area contributed by atoms with Crippen LogP contribution in [0, 0.1) is 5.82 Å². The molecule has 1 nitrogen and oxygen atoms in total. The summed E-state index contributed by atoms with van der Waals surface area (Å²) in [5, 5.41) is 3.88. The van der Waals surface area contributed by atoms with Crippen LogP contribution in [0.5, 0.6) is 0 Å². The van der Waals surface area contributed by atoms with Gasteiger partial charge >= 0.3 is 0 Å². The highest BCUT2D eigenvalue weighted by Gasteiger charge is 2.12. The molecule has 0 amide bonds. The first-order valence-electron chi connectivity index (χ1n) is 4.31. The average molecular weight is 207 g/mol. The van der Waals surface area contributed by atoms with E-state index in [9.17, 15) is 4.39 Å². The Hall–Kier alpha value is -1.19. The molecule has 0 aliphatic heterocycles. The van der Waals surface area contributed by atoms with E-state index < -0.39 is 0 Å². The van der Waals surface area contributed by atoms with Crippen LogP contribution in [0.25, 0.3) is 0 Å². The predicted octanol–water partition coefficient (Wildman–Crippen LogP) is 2.94. The molecule has 14 heavy (non-hydrogen) atoms. The first kappa shape index (κ1) is 9.37. The molecule has 1 heterocycles. The van der Waals surface area contributed by atoms with Crippen LogP contribution >= 0.6 is 11.3 Å². The lowest BCUT2D eigenvalue weighted by Crippen LogP contribution is -2.12. The summed E-state index contributed by atoms with van der Waals surface area (Å²) in [4.78, 5) is 0. The van der Waals surface area contributed by atoms with Gasteiger partial charge in [-0.2, -0.15) is 11.3 Å². The van der Waals surface area contributed by atoms with E-state index in [1.54, 1.807) is 29.5 Å². The summed E-state index contributed by atoms with van der Waals surface area (Å²) in [6, 6.07) is 8.17. The topological polar surface area (TPSA) is 26.0 Å². The third-order valence-corrected chi connectivity index (χ3v) is 2.84. The molecule has 0 aliphatic carbocycles. The third kappa shape index (κ3) is 1.69. The summed E-state index contributed by atoms with van der Waals surface area (Å²) in [5.41, 5.74) is 7.43. The lowest BCUT2D eigenvalue weighted by atomic mass is 10.0. The molecule has 0 unspecified atom stereocenters. The molecule has 0 saturated heterocycles. The van der Waals surface area contributed by atoms with Crippen LogP contribution in [0.4, 0.5) is 4.39 Å². The number of hydrogen-bond donors (Lipinski definition) is 1. The molecular weight excluding hydrogens is 197 g/mol. The number of thiophene rings is 1. The Morgan fingerprint density at radius 2 is 2.00 bits per heavy atom. The fourth-order valence-electron chi connectivity index (χ4n) is 1.36. The van der Waals surface area contributed by atoms with Gasteiger partial charge in [-0.25, -0.2) is 4.39 Å². The van der Waals surface area contributed by atoms with Crippen molar-refractivity contribution in [1.82, 2.24) is 0 Å². The predicted molar refractivity (Wildman–Crippen MR) is 56.7 cm³/mol. The highest BCUT2D eigenvalue weighted by molar-refractivity contribution is 7.08. The van der Waals surface area contributed by atoms with Crippen molar-refractivity contribution in [3.63, 3.8) is 0 Å². The largest absolute Gasteiger partial charge is 0.320 e. The quantitative estimate of drug-likeness (QED) is 0.805. The molecule has 72 valence electrons. The standard InChI is InChI=1S/C11H10FNS/c12-10-4-2-1-3-9(10)11(13)8-5-6-14-7-8/h1-7,11H,13H2/t11-/m0/s1. The Morgan fingerprint density at radius 3 is 2.64 bits per heavy atom. The summed E-state index contributed by atoms with van der Waals surface area (Å²) in [6.07, 6.45) is 0. The Balaban J connectivity index is 2.37. The normalized spacial score (nSPS) is 12.7. The Kier molecular flexibility index (Phi) is 2.61. The van der Waals surface area contributed by atoms with Crippen molar-refractivity contribution in [3.05, 3.63) is 58.0 Å². The van der Waals surface area contributed by atoms with Gasteiger partial charge in [0.2, 0.25) is 0 Å². The van der Waals surface area contributed by atoms with Gasteiger partial charge in [-0.05, 0) is 28.5 Å². The zero-order valence-electron chi connectivity index (χ0n) is 7.48. The zero-order valence-corrected chi connectivity index (χ0v) is 8.30. The summed E-state index contributed by atoms with van der Waals surface area (Å²) in [7, 11) is 0. The molecule has 1 aromatic carbocycles. The van der Waals surface area contributed by atoms with Crippen LogP contribution in [0.15, 0.2) is 41.1 Å². The summed E-state index contributed by atoms with van der Waals surface area (Å²) in [5.74, 6) is -0.244. The number of hydrogen-bond acceptors (Lipinski definition) is 2. The SMILES string of the molecule is N[C@@H](c1ccsc1)c1ccccc1F. The second-order valence-electron chi connectivity index (χ2n) is 3.06. The fraction of sp³-hybridized carbons (Fsp3) is 0.0909. The van der Waals surface area contributed by atoms with Crippen LogP contribution in [0.2, 0.25) is 0 Å². The van der Waals surface area contributed by atoms with Crippen LogP contribution in [-0.4, -0.2) is 0 Å². The molecule has 0 aliphatic rings. The highest BCUT2D eigenvalue weighted by atomic mass is 32.1. The van der Waals surface area contributed by atoms with Crippen LogP contribution in [-0.2, 0) is 0 Å². The third-order valence-electron chi connectivity index (χ3n) is 2.14. The maximum atomic E-state index is 13.4. The van der Waals surface area contributed by atoms with E-state index in [4.69, 9.17) is 5.73 Å². The molecule has 3 heteroatoms. The van der Waals surface area contributed by atoms with E-state index in [-0.39, 0.29) is 11.9 Å². The molecule has 1 aromatic heterocycles. The van der Waals surface area contributed by atoms with Gasteiger partial charge in [-0.1, -0.05) is 18.2 Å².